The van der Waals surface area contributed by atoms with Gasteiger partial charge in [-0.25, -0.2) is 9.97 Å². The first-order chi connectivity index (χ1) is 16.7. The lowest BCUT2D eigenvalue weighted by molar-refractivity contribution is 0.0663. The zero-order chi connectivity index (χ0) is 23.1. The number of piperidine rings is 1. The van der Waals surface area contributed by atoms with E-state index in [0.717, 1.165) is 35.3 Å². The molecule has 2 aliphatic rings. The van der Waals surface area contributed by atoms with Crippen LogP contribution in [0, 0.1) is 0 Å². The Balaban J connectivity index is 1.17. The number of pyridine rings is 1. The topological polar surface area (TPSA) is 73.4 Å². The number of methoxy groups -OCH3 is 1. The van der Waals surface area contributed by atoms with E-state index in [1.165, 1.54) is 25.1 Å². The van der Waals surface area contributed by atoms with Gasteiger partial charge >= 0.3 is 0 Å². The molecule has 0 unspecified atom stereocenters. The number of rotatable bonds is 5. The van der Waals surface area contributed by atoms with Gasteiger partial charge in [0.25, 0.3) is 5.91 Å². The van der Waals surface area contributed by atoms with Crippen LogP contribution >= 0.6 is 0 Å². The zero-order valence-electron chi connectivity index (χ0n) is 19.3. The maximum absolute atomic E-state index is 13.2. The van der Waals surface area contributed by atoms with Gasteiger partial charge in [0.05, 0.1) is 7.11 Å². The van der Waals surface area contributed by atoms with Gasteiger partial charge in [-0.05, 0) is 74.2 Å². The van der Waals surface area contributed by atoms with Crippen molar-refractivity contribution < 1.29 is 13.9 Å². The molecule has 174 valence electrons. The van der Waals surface area contributed by atoms with E-state index in [2.05, 4.69) is 15.6 Å². The van der Waals surface area contributed by atoms with E-state index >= 15 is 0 Å². The highest BCUT2D eigenvalue weighted by atomic mass is 16.5. The number of benzene rings is 1. The molecule has 1 saturated carbocycles. The number of imidazole rings is 1. The number of hydrogen-bond donors (Lipinski definition) is 0. The molecule has 34 heavy (non-hydrogen) atoms. The summed E-state index contributed by atoms with van der Waals surface area (Å²) in [7, 11) is 1.64. The van der Waals surface area contributed by atoms with Crippen molar-refractivity contribution in [3.8, 4) is 17.1 Å². The number of furan rings is 1. The van der Waals surface area contributed by atoms with Crippen LogP contribution in [0.2, 0.25) is 0 Å². The van der Waals surface area contributed by atoms with Crippen LogP contribution in [0.15, 0.2) is 59.1 Å². The standard InChI is InChI=1S/C27H28N4O3/c1-33-21-9-7-18(8-10-21)23-11-12-24(34-23)27(32)30-16-13-20(14-17-30)31-25(19-4-2-5-19)29-22-6-3-15-28-26(22)31/h3,6-12,15,19-20H,2,4-5,13-14,16-17H2,1H3. The molecule has 4 aromatic rings. The Morgan fingerprint density at radius 3 is 2.53 bits per heavy atom. The third kappa shape index (κ3) is 3.65. The molecule has 1 aliphatic carbocycles. The first kappa shape index (κ1) is 21.0. The summed E-state index contributed by atoms with van der Waals surface area (Å²) >= 11 is 0. The molecule has 1 saturated heterocycles. The van der Waals surface area contributed by atoms with E-state index in [9.17, 15) is 4.79 Å². The molecule has 0 radical (unpaired) electrons. The van der Waals surface area contributed by atoms with E-state index in [4.69, 9.17) is 14.1 Å². The monoisotopic (exact) mass is 456 g/mol. The number of carbonyl (C=O) groups is 1. The van der Waals surface area contributed by atoms with Crippen LogP contribution in [0.4, 0.5) is 0 Å². The quantitative estimate of drug-likeness (QED) is 0.400. The lowest BCUT2D eigenvalue weighted by Crippen LogP contribution is -2.39. The fourth-order valence-electron chi connectivity index (χ4n) is 5.11. The van der Waals surface area contributed by atoms with Gasteiger partial charge < -0.3 is 18.6 Å². The molecule has 4 heterocycles. The van der Waals surface area contributed by atoms with Crippen LogP contribution < -0.4 is 4.74 Å². The van der Waals surface area contributed by atoms with Crippen LogP contribution in [0.3, 0.4) is 0 Å². The van der Waals surface area contributed by atoms with Crippen molar-refractivity contribution in [2.24, 2.45) is 0 Å². The highest BCUT2D eigenvalue weighted by molar-refractivity contribution is 5.92. The number of aromatic nitrogens is 3. The number of ether oxygens (including phenoxy) is 1. The van der Waals surface area contributed by atoms with Gasteiger partial charge in [0.1, 0.15) is 22.9 Å². The number of hydrogen-bond acceptors (Lipinski definition) is 5. The summed E-state index contributed by atoms with van der Waals surface area (Å²) in [5.74, 6) is 3.52. The average molecular weight is 457 g/mol. The van der Waals surface area contributed by atoms with Crippen LogP contribution in [-0.2, 0) is 0 Å². The Kier molecular flexibility index (Phi) is 5.32. The first-order valence-electron chi connectivity index (χ1n) is 12.1. The minimum atomic E-state index is -0.0500. The molecule has 1 amide bonds. The third-order valence-electron chi connectivity index (χ3n) is 7.25. The summed E-state index contributed by atoms with van der Waals surface area (Å²) in [5, 5.41) is 0. The minimum absolute atomic E-state index is 0.0500. The maximum atomic E-state index is 13.2. The molecule has 0 bridgehead atoms. The van der Waals surface area contributed by atoms with Gasteiger partial charge in [0.2, 0.25) is 0 Å². The number of likely N-dealkylation sites (tertiary alicyclic amines) is 1. The summed E-state index contributed by atoms with van der Waals surface area (Å²) in [6, 6.07) is 15.6. The number of fused-ring (bicyclic) bond motifs is 1. The predicted octanol–water partition coefficient (Wildman–Crippen LogP) is 5.44. The molecule has 6 rings (SSSR count). The number of nitrogens with zero attached hydrogens (tertiary/aromatic N) is 4. The van der Waals surface area contributed by atoms with Gasteiger partial charge in [0, 0.05) is 36.8 Å². The number of carbonyl (C=O) groups excluding carboxylic acids is 1. The van der Waals surface area contributed by atoms with Crippen LogP contribution in [-0.4, -0.2) is 45.5 Å². The van der Waals surface area contributed by atoms with E-state index < -0.39 is 0 Å². The van der Waals surface area contributed by atoms with Crippen molar-refractivity contribution in [3.05, 3.63) is 66.3 Å². The van der Waals surface area contributed by atoms with Crippen molar-refractivity contribution >= 4 is 17.1 Å². The Morgan fingerprint density at radius 1 is 1.03 bits per heavy atom. The molecule has 7 nitrogen and oxygen atoms in total. The molecule has 2 fully saturated rings. The molecule has 0 N–H and O–H groups in total. The number of amides is 1. The summed E-state index contributed by atoms with van der Waals surface area (Å²) in [5.41, 5.74) is 2.87. The molecule has 0 atom stereocenters. The van der Waals surface area contributed by atoms with Crippen molar-refractivity contribution in [2.45, 2.75) is 44.1 Å². The normalized spacial score (nSPS) is 17.1. The summed E-state index contributed by atoms with van der Waals surface area (Å²) in [4.78, 5) is 24.7. The van der Waals surface area contributed by atoms with Gasteiger partial charge in [-0.15, -0.1) is 0 Å². The van der Waals surface area contributed by atoms with Crippen LogP contribution in [0.25, 0.3) is 22.5 Å². The fraction of sp³-hybridized carbons (Fsp3) is 0.370. The average Bonchev–Trinajstić information content (AvgIpc) is 3.48. The van der Waals surface area contributed by atoms with Crippen molar-refractivity contribution in [3.63, 3.8) is 0 Å². The second kappa shape index (κ2) is 8.63. The van der Waals surface area contributed by atoms with Crippen molar-refractivity contribution in [2.75, 3.05) is 20.2 Å². The Bertz CT molecular complexity index is 1310. The smallest absolute Gasteiger partial charge is 0.289 e. The Hall–Kier alpha value is -3.61. The largest absolute Gasteiger partial charge is 0.497 e. The van der Waals surface area contributed by atoms with Crippen LogP contribution in [0.5, 0.6) is 5.75 Å². The van der Waals surface area contributed by atoms with Gasteiger partial charge in [0.15, 0.2) is 11.4 Å². The van der Waals surface area contributed by atoms with E-state index in [0.29, 0.717) is 36.6 Å². The second-order valence-corrected chi connectivity index (χ2v) is 9.23. The first-order valence-corrected chi connectivity index (χ1v) is 12.1. The Morgan fingerprint density at radius 2 is 1.82 bits per heavy atom. The van der Waals surface area contributed by atoms with E-state index in [-0.39, 0.29) is 5.91 Å². The van der Waals surface area contributed by atoms with Gasteiger partial charge in [-0.3, -0.25) is 4.79 Å². The SMILES string of the molecule is COc1ccc(-c2ccc(C(=O)N3CCC(n4c(C5CCC5)nc5cccnc54)CC3)o2)cc1. The molecule has 0 spiro atoms. The van der Waals surface area contributed by atoms with Crippen molar-refractivity contribution in [1.29, 1.82) is 0 Å². The van der Waals surface area contributed by atoms with Gasteiger partial charge in [-0.2, -0.15) is 0 Å². The lowest BCUT2D eigenvalue weighted by atomic mass is 9.84. The molecule has 7 heteroatoms. The molecule has 3 aromatic heterocycles. The van der Waals surface area contributed by atoms with Crippen LogP contribution in [0.1, 0.15) is 60.4 Å². The third-order valence-corrected chi connectivity index (χ3v) is 7.25. The molecular weight excluding hydrogens is 428 g/mol. The highest BCUT2D eigenvalue weighted by Gasteiger charge is 2.32. The molecule has 1 aliphatic heterocycles. The van der Waals surface area contributed by atoms with Gasteiger partial charge in [-0.1, -0.05) is 6.42 Å². The van der Waals surface area contributed by atoms with E-state index in [1.807, 2.05) is 47.5 Å². The summed E-state index contributed by atoms with van der Waals surface area (Å²) < 4.78 is 13.5. The molecular formula is C27H28N4O3. The lowest BCUT2D eigenvalue weighted by Gasteiger charge is -2.35. The summed E-state index contributed by atoms with van der Waals surface area (Å²) in [6.07, 6.45) is 7.31. The maximum Gasteiger partial charge on any atom is 0.289 e. The minimum Gasteiger partial charge on any atom is -0.497 e. The zero-order valence-corrected chi connectivity index (χ0v) is 19.3. The highest BCUT2D eigenvalue weighted by Crippen LogP contribution is 2.40. The van der Waals surface area contributed by atoms with E-state index in [1.54, 1.807) is 13.2 Å². The molecule has 1 aromatic carbocycles. The second-order valence-electron chi connectivity index (χ2n) is 9.23. The predicted molar refractivity (Wildman–Crippen MR) is 129 cm³/mol. The Labute approximate surface area is 198 Å². The van der Waals surface area contributed by atoms with Crippen molar-refractivity contribution in [1.82, 2.24) is 19.4 Å². The summed E-state index contributed by atoms with van der Waals surface area (Å²) in [6.45, 7) is 1.39. The fourth-order valence-corrected chi connectivity index (χ4v) is 5.11.